The van der Waals surface area contributed by atoms with E-state index in [9.17, 15) is 47.0 Å². The Hall–Kier alpha value is -7.10. The fourth-order valence-electron chi connectivity index (χ4n) is 9.24. The van der Waals surface area contributed by atoms with E-state index in [4.69, 9.17) is 47.2 Å². The summed E-state index contributed by atoms with van der Waals surface area (Å²) >= 11 is 0. The van der Waals surface area contributed by atoms with Gasteiger partial charge in [0.2, 0.25) is 6.10 Å². The van der Waals surface area contributed by atoms with Crippen molar-refractivity contribution in [3.63, 3.8) is 0 Å². The van der Waals surface area contributed by atoms with Crippen LogP contribution >= 0.6 is 0 Å². The number of esters is 3. The summed E-state index contributed by atoms with van der Waals surface area (Å²) in [6.07, 6.45) is -2.26. The lowest BCUT2D eigenvalue weighted by molar-refractivity contribution is -0.172. The molecule has 2 amide bonds. The van der Waals surface area contributed by atoms with Gasteiger partial charge in [0.15, 0.2) is 6.10 Å². The molecule has 2 aliphatic rings. The van der Waals surface area contributed by atoms with Crippen LogP contribution in [0.2, 0.25) is 0 Å². The largest absolute Gasteiger partial charge is 0.480 e. The highest BCUT2D eigenvalue weighted by Gasteiger charge is 2.39. The molecular formula is C66H96F4N2O15. The maximum atomic E-state index is 15.2. The van der Waals surface area contributed by atoms with E-state index in [1.165, 1.54) is 53.9 Å². The molecule has 4 aromatic carbocycles. The Labute approximate surface area is 519 Å². The van der Waals surface area contributed by atoms with Crippen molar-refractivity contribution in [3.05, 3.63) is 142 Å². The number of aliphatic hydroxyl groups excluding tert-OH is 1. The predicted octanol–water partition coefficient (Wildman–Crippen LogP) is 13.1. The van der Waals surface area contributed by atoms with E-state index in [0.29, 0.717) is 61.5 Å². The number of amides is 2. The number of hydrogen-bond acceptors (Lipinski definition) is 14. The summed E-state index contributed by atoms with van der Waals surface area (Å²) < 4.78 is 125. The van der Waals surface area contributed by atoms with Crippen LogP contribution in [0, 0.1) is 11.6 Å². The number of benzene rings is 4. The number of rotatable bonds is 21. The molecule has 2 N–H and O–H groups in total. The van der Waals surface area contributed by atoms with Crippen molar-refractivity contribution in [1.82, 2.24) is 9.80 Å². The lowest BCUT2D eigenvalue weighted by atomic mass is 9.90. The average Bonchev–Trinajstić information content (AvgIpc) is 0.892. The highest BCUT2D eigenvalue weighted by Crippen LogP contribution is 2.32. The van der Waals surface area contributed by atoms with Gasteiger partial charge in [0.05, 0.1) is 0 Å². The summed E-state index contributed by atoms with van der Waals surface area (Å²) in [6, 6.07) is 25.1. The molecule has 488 valence electrons. The SMILES string of the molecule is CN(C(=O)OC(C)(C)C)[C@@H](CC(C)(C)F)C(=O)O.CN(C(=O)OC(C)(C)C)[C@@H](CC(C)(C)F)C(=O)O[C@H](Cc1ccc(C2CCOCC2)c(F)c1)C(=O)OCc1ccccc1.O=C(OCc1ccccc1)[C@H](O)Cc1ccc(C2CCOCC2)c(F)c1.[2HH].[2H][2H].[2H][2H].[2H][2H]. The standard InChI is InChI=1S/C33H43F2NO7.C21H23FO4.C12H22FNO4.4H2/c1-32(2,3)43-31(39)36(6)27(20-33(4,5)35)29(37)42-28(30(38)41-21-22-10-8-7-9-11-22)19-23-12-13-25(26(34)18-23)24-14-16-40-17-15-24;22-19-12-16(6-7-18(19)17-8-10-25-11-9-17)13-20(23)21(24)26-14-15-4-2-1-3-5-15;1-11(2,3)18-10(17)14(6)8(9(15)16)7-12(4,5)13;;;;/h7-13,18,24,27-28H,14-17,19-21H2,1-6H3;1-7,12,17,20,23H,8-11,13-14H2;8H,7H2,1-6H3,(H,15,16);4*1H/t27-,28+;20-;8-;;;;/m010..../s1/i;;;3*1+1D;1+1. The number of halogens is 4. The minimum Gasteiger partial charge on any atom is -0.480 e. The molecule has 0 spiro atoms. The molecule has 87 heavy (non-hydrogen) atoms. The van der Waals surface area contributed by atoms with Crippen LogP contribution in [0.5, 0.6) is 0 Å². The highest BCUT2D eigenvalue weighted by atomic mass is 19.1. The van der Waals surface area contributed by atoms with Crippen molar-refractivity contribution in [3.8, 4) is 0 Å². The zero-order chi connectivity index (χ0) is 70.9. The summed E-state index contributed by atoms with van der Waals surface area (Å²) in [5.74, 6) is -4.35. The number of carbonyl (C=O) groups excluding carboxylic acids is 5. The molecule has 0 aliphatic carbocycles. The Kier molecular flexibility index (Phi) is 25.8. The van der Waals surface area contributed by atoms with Gasteiger partial charge < -0.3 is 43.4 Å². The molecular weight excluding hydrogens is 1140 g/mol. The minimum absolute atomic E-state index is 0. The molecule has 0 aromatic heterocycles. The molecule has 2 heterocycles. The number of carboxylic acid groups (broad SMARTS) is 1. The number of aliphatic hydroxyl groups is 1. The first kappa shape index (κ1) is 67.4. The van der Waals surface area contributed by atoms with Gasteiger partial charge in [-0.05, 0) is 152 Å². The Morgan fingerprint density at radius 1 is 0.563 bits per heavy atom. The number of ether oxygens (including phenoxy) is 7. The van der Waals surface area contributed by atoms with Crippen LogP contribution in [0.4, 0.5) is 27.2 Å². The number of aliphatic carboxylic acids is 1. The smallest absolute Gasteiger partial charge is 0.410 e. The van der Waals surface area contributed by atoms with Gasteiger partial charge >= 0.3 is 36.1 Å². The van der Waals surface area contributed by atoms with Crippen molar-refractivity contribution >= 4 is 36.1 Å². The van der Waals surface area contributed by atoms with Crippen LogP contribution in [-0.4, -0.2) is 143 Å². The fraction of sp³-hybridized carbons (Fsp3) is 0.545. The van der Waals surface area contributed by atoms with Gasteiger partial charge in [-0.1, -0.05) is 84.9 Å². The third-order valence-electron chi connectivity index (χ3n) is 13.8. The maximum Gasteiger partial charge on any atom is 0.410 e. The van der Waals surface area contributed by atoms with Crippen LogP contribution in [0.1, 0.15) is 163 Å². The normalized spacial score (nSPS) is 15.8. The number of likely N-dealkylation sites (N-methyl/N-ethyl adjacent to an activating group) is 2. The third kappa shape index (κ3) is 26.4. The van der Waals surface area contributed by atoms with Gasteiger partial charge in [-0.3, -0.25) is 9.80 Å². The summed E-state index contributed by atoms with van der Waals surface area (Å²) in [4.78, 5) is 76.2. The topological polar surface area (TPSA) is 214 Å². The van der Waals surface area contributed by atoms with Gasteiger partial charge in [-0.2, -0.15) is 0 Å². The Morgan fingerprint density at radius 3 is 1.32 bits per heavy atom. The molecule has 2 saturated heterocycles. The monoisotopic (exact) mass is 1240 g/mol. The second kappa shape index (κ2) is 33.3. The lowest BCUT2D eigenvalue weighted by Gasteiger charge is -2.32. The third-order valence-corrected chi connectivity index (χ3v) is 13.8. The van der Waals surface area contributed by atoms with Gasteiger partial charge in [0, 0.05) is 76.5 Å². The van der Waals surface area contributed by atoms with E-state index in [1.54, 1.807) is 90.1 Å². The van der Waals surface area contributed by atoms with Crippen molar-refractivity contribution in [2.75, 3.05) is 40.5 Å². The minimum atomic E-state index is -1.87. The van der Waals surface area contributed by atoms with E-state index < -0.39 is 95.1 Å². The van der Waals surface area contributed by atoms with Crippen molar-refractivity contribution in [2.24, 2.45) is 0 Å². The second-order valence-electron chi connectivity index (χ2n) is 24.9. The first-order valence-electron chi connectivity index (χ1n) is 32.1. The van der Waals surface area contributed by atoms with Crippen molar-refractivity contribution < 1.29 is 100 Å². The number of alkyl halides is 2. The maximum absolute atomic E-state index is 15.2. The van der Waals surface area contributed by atoms with Crippen LogP contribution in [0.15, 0.2) is 97.1 Å². The molecule has 0 saturated carbocycles. The molecule has 6 rings (SSSR count). The van der Waals surface area contributed by atoms with E-state index in [0.717, 1.165) is 33.8 Å². The summed E-state index contributed by atoms with van der Waals surface area (Å²) in [5, 5.41) is 19.1. The molecule has 17 nitrogen and oxygen atoms in total. The predicted molar refractivity (Wildman–Crippen MR) is 325 cm³/mol. The molecule has 0 bridgehead atoms. The number of carboxylic acids is 1. The highest BCUT2D eigenvalue weighted by molar-refractivity contribution is 5.85. The van der Waals surface area contributed by atoms with Crippen LogP contribution in [0.3, 0.4) is 0 Å². The van der Waals surface area contributed by atoms with Crippen LogP contribution in [-0.2, 0) is 78.4 Å². The van der Waals surface area contributed by atoms with Gasteiger partial charge in [-0.25, -0.2) is 46.3 Å². The van der Waals surface area contributed by atoms with E-state index in [1.807, 2.05) is 36.4 Å². The van der Waals surface area contributed by atoms with Gasteiger partial charge in [0.1, 0.15) is 59.5 Å². The Balaban J connectivity index is 0.00000144. The molecule has 2 fully saturated rings. The first-order chi connectivity index (χ1) is 43.6. The summed E-state index contributed by atoms with van der Waals surface area (Å²) in [7, 11) is 2.59. The van der Waals surface area contributed by atoms with E-state index in [-0.39, 0.29) is 51.6 Å². The second-order valence-corrected chi connectivity index (χ2v) is 24.9. The van der Waals surface area contributed by atoms with Crippen LogP contribution < -0.4 is 0 Å². The lowest BCUT2D eigenvalue weighted by Crippen LogP contribution is -2.49. The van der Waals surface area contributed by atoms with Crippen molar-refractivity contribution in [1.29, 1.82) is 0 Å². The van der Waals surface area contributed by atoms with Crippen molar-refractivity contribution in [2.45, 2.75) is 192 Å². The quantitative estimate of drug-likeness (QED) is 0.0451. The van der Waals surface area contributed by atoms with Gasteiger partial charge in [-0.15, -0.1) is 0 Å². The zero-order valence-electron chi connectivity index (χ0n) is 58.2. The molecule has 0 unspecified atom stereocenters. The molecule has 21 heteroatoms. The fourth-order valence-corrected chi connectivity index (χ4v) is 9.24. The summed E-state index contributed by atoms with van der Waals surface area (Å²) in [5.41, 5.74) is -1.35. The molecule has 4 atom stereocenters. The molecule has 0 radical (unpaired) electrons. The van der Waals surface area contributed by atoms with Crippen LogP contribution in [0.25, 0.3) is 0 Å². The average molecular weight is 1240 g/mol. The molecule has 2 aliphatic heterocycles. The van der Waals surface area contributed by atoms with Gasteiger partial charge in [0.25, 0.3) is 0 Å². The number of hydrogen-bond donors (Lipinski definition) is 2. The summed E-state index contributed by atoms with van der Waals surface area (Å²) in [6.45, 7) is 17.5. The number of carbonyl (C=O) groups is 6. The zero-order valence-corrected chi connectivity index (χ0v) is 52.2. The number of nitrogens with zero attached hydrogens (tertiary/aromatic N) is 2. The van der Waals surface area contributed by atoms with E-state index >= 15 is 4.39 Å². The van der Waals surface area contributed by atoms with E-state index in [2.05, 4.69) is 0 Å². The Bertz CT molecular complexity index is 2870. The Morgan fingerprint density at radius 2 is 0.943 bits per heavy atom. The molecule has 4 aromatic rings. The first-order valence-corrected chi connectivity index (χ1v) is 29.1.